The lowest BCUT2D eigenvalue weighted by molar-refractivity contribution is 0.416. The minimum atomic E-state index is 0.479. The Morgan fingerprint density at radius 1 is 1.29 bits per heavy atom. The van der Waals surface area contributed by atoms with Crippen LogP contribution in [0.3, 0.4) is 0 Å². The summed E-state index contributed by atoms with van der Waals surface area (Å²) in [6.45, 7) is 6.17. The summed E-state index contributed by atoms with van der Waals surface area (Å²) in [5, 5.41) is 0. The Balaban J connectivity index is 2.53. The zero-order valence-corrected chi connectivity index (χ0v) is 10.7. The number of ether oxygens (including phenoxy) is 1. The number of aryl methyl sites for hydroxylation is 1. The average Bonchev–Trinajstić information content (AvgIpc) is 2.74. The van der Waals surface area contributed by atoms with E-state index in [0.29, 0.717) is 11.8 Å². The number of oxazole rings is 1. The van der Waals surface area contributed by atoms with Crippen LogP contribution in [-0.2, 0) is 0 Å². The second-order valence-corrected chi connectivity index (χ2v) is 4.37. The van der Waals surface area contributed by atoms with Crippen LogP contribution in [0.25, 0.3) is 11.3 Å². The molecule has 0 radical (unpaired) electrons. The Morgan fingerprint density at radius 2 is 2.06 bits per heavy atom. The Bertz CT molecular complexity index is 515. The molecule has 0 N–H and O–H groups in total. The van der Waals surface area contributed by atoms with Gasteiger partial charge in [-0.25, -0.2) is 4.98 Å². The number of rotatable bonds is 3. The van der Waals surface area contributed by atoms with Crippen molar-refractivity contribution in [3.63, 3.8) is 0 Å². The molecular weight excluding hydrogens is 214 g/mol. The van der Waals surface area contributed by atoms with Gasteiger partial charge in [0.1, 0.15) is 17.7 Å². The molecule has 0 spiro atoms. The summed E-state index contributed by atoms with van der Waals surface area (Å²) in [6, 6.07) is 6.18. The largest absolute Gasteiger partial charge is 0.496 e. The van der Waals surface area contributed by atoms with Gasteiger partial charge in [-0.05, 0) is 23.6 Å². The molecular formula is C14H17NO2. The van der Waals surface area contributed by atoms with Gasteiger partial charge in [0.15, 0.2) is 5.89 Å². The standard InChI is InChI=1S/C14H17NO2/c1-9(2)11-5-6-14(16-4)12(7-11)13-8-17-10(3)15-13/h5-9H,1-4H3. The van der Waals surface area contributed by atoms with Crippen molar-refractivity contribution in [1.29, 1.82) is 0 Å². The van der Waals surface area contributed by atoms with Gasteiger partial charge in [-0.15, -0.1) is 0 Å². The molecule has 0 bridgehead atoms. The molecule has 0 saturated carbocycles. The van der Waals surface area contributed by atoms with Crippen molar-refractivity contribution in [2.45, 2.75) is 26.7 Å². The highest BCUT2D eigenvalue weighted by Crippen LogP contribution is 2.32. The van der Waals surface area contributed by atoms with E-state index in [2.05, 4.69) is 31.0 Å². The van der Waals surface area contributed by atoms with E-state index < -0.39 is 0 Å². The van der Waals surface area contributed by atoms with Crippen LogP contribution in [0.4, 0.5) is 0 Å². The molecule has 0 amide bonds. The molecule has 0 atom stereocenters. The lowest BCUT2D eigenvalue weighted by Crippen LogP contribution is -1.93. The molecule has 0 unspecified atom stereocenters. The first kappa shape index (κ1) is 11.7. The number of benzene rings is 1. The molecule has 90 valence electrons. The van der Waals surface area contributed by atoms with Crippen LogP contribution in [0.1, 0.15) is 31.2 Å². The van der Waals surface area contributed by atoms with Gasteiger partial charge >= 0.3 is 0 Å². The number of nitrogens with zero attached hydrogens (tertiary/aromatic N) is 1. The molecule has 3 heteroatoms. The van der Waals surface area contributed by atoms with Crippen LogP contribution in [0.15, 0.2) is 28.9 Å². The molecule has 17 heavy (non-hydrogen) atoms. The third-order valence-corrected chi connectivity index (χ3v) is 2.79. The second-order valence-electron chi connectivity index (χ2n) is 4.37. The van der Waals surface area contributed by atoms with E-state index in [9.17, 15) is 0 Å². The first-order chi connectivity index (χ1) is 8.11. The third-order valence-electron chi connectivity index (χ3n) is 2.79. The SMILES string of the molecule is COc1ccc(C(C)C)cc1-c1coc(C)n1. The molecule has 0 aliphatic carbocycles. The first-order valence-electron chi connectivity index (χ1n) is 5.72. The zero-order valence-electron chi connectivity index (χ0n) is 10.7. The Kier molecular flexibility index (Phi) is 3.18. The van der Waals surface area contributed by atoms with Crippen LogP contribution in [0, 0.1) is 6.92 Å². The summed E-state index contributed by atoms with van der Waals surface area (Å²) in [7, 11) is 1.67. The van der Waals surface area contributed by atoms with Crippen molar-refractivity contribution >= 4 is 0 Å². The van der Waals surface area contributed by atoms with Gasteiger partial charge < -0.3 is 9.15 Å². The molecule has 1 heterocycles. The molecule has 1 aromatic carbocycles. The number of aromatic nitrogens is 1. The van der Waals surface area contributed by atoms with Crippen molar-refractivity contribution in [2.75, 3.05) is 7.11 Å². The molecule has 0 saturated heterocycles. The summed E-state index contributed by atoms with van der Waals surface area (Å²) in [5.74, 6) is 1.97. The molecule has 2 aromatic rings. The summed E-state index contributed by atoms with van der Waals surface area (Å²) in [6.07, 6.45) is 1.66. The molecule has 0 fully saturated rings. The Hall–Kier alpha value is -1.77. The number of hydrogen-bond acceptors (Lipinski definition) is 3. The lowest BCUT2D eigenvalue weighted by Gasteiger charge is -2.10. The van der Waals surface area contributed by atoms with Crippen molar-refractivity contribution in [1.82, 2.24) is 4.98 Å². The van der Waals surface area contributed by atoms with E-state index in [1.54, 1.807) is 13.4 Å². The minimum Gasteiger partial charge on any atom is -0.496 e. The van der Waals surface area contributed by atoms with Crippen molar-refractivity contribution < 1.29 is 9.15 Å². The van der Waals surface area contributed by atoms with Gasteiger partial charge in [-0.3, -0.25) is 0 Å². The van der Waals surface area contributed by atoms with Crippen LogP contribution >= 0.6 is 0 Å². The van der Waals surface area contributed by atoms with Gasteiger partial charge in [0, 0.05) is 12.5 Å². The Labute approximate surface area is 101 Å². The molecule has 3 nitrogen and oxygen atoms in total. The highest BCUT2D eigenvalue weighted by Gasteiger charge is 2.12. The molecule has 0 aliphatic rings. The third kappa shape index (κ3) is 2.33. The van der Waals surface area contributed by atoms with Gasteiger partial charge in [0.2, 0.25) is 0 Å². The maximum atomic E-state index is 5.36. The second kappa shape index (κ2) is 4.62. The number of hydrogen-bond donors (Lipinski definition) is 0. The van der Waals surface area contributed by atoms with Gasteiger partial charge in [0.05, 0.1) is 7.11 Å². The maximum Gasteiger partial charge on any atom is 0.191 e. The van der Waals surface area contributed by atoms with E-state index >= 15 is 0 Å². The van der Waals surface area contributed by atoms with Crippen molar-refractivity contribution in [3.8, 4) is 17.0 Å². The first-order valence-corrected chi connectivity index (χ1v) is 5.72. The highest BCUT2D eigenvalue weighted by molar-refractivity contribution is 5.67. The predicted octanol–water partition coefficient (Wildman–Crippen LogP) is 3.78. The summed E-state index contributed by atoms with van der Waals surface area (Å²) in [5.41, 5.74) is 3.07. The highest BCUT2D eigenvalue weighted by atomic mass is 16.5. The van der Waals surface area contributed by atoms with Crippen molar-refractivity contribution in [3.05, 3.63) is 35.9 Å². The van der Waals surface area contributed by atoms with Crippen LogP contribution in [0.5, 0.6) is 5.75 Å². The minimum absolute atomic E-state index is 0.479. The van der Waals surface area contributed by atoms with Gasteiger partial charge in [0.25, 0.3) is 0 Å². The summed E-state index contributed by atoms with van der Waals surface area (Å²) in [4.78, 5) is 4.34. The molecule has 0 aliphatic heterocycles. The number of methoxy groups -OCH3 is 1. The fourth-order valence-electron chi connectivity index (χ4n) is 1.77. The van der Waals surface area contributed by atoms with E-state index in [-0.39, 0.29) is 0 Å². The van der Waals surface area contributed by atoms with Crippen LogP contribution in [0.2, 0.25) is 0 Å². The average molecular weight is 231 g/mol. The Morgan fingerprint density at radius 3 is 2.59 bits per heavy atom. The zero-order chi connectivity index (χ0) is 12.4. The smallest absolute Gasteiger partial charge is 0.191 e. The van der Waals surface area contributed by atoms with Gasteiger partial charge in [-0.1, -0.05) is 19.9 Å². The molecule has 2 rings (SSSR count). The monoisotopic (exact) mass is 231 g/mol. The summed E-state index contributed by atoms with van der Waals surface area (Å²) < 4.78 is 10.6. The van der Waals surface area contributed by atoms with Crippen molar-refractivity contribution in [2.24, 2.45) is 0 Å². The van der Waals surface area contributed by atoms with Crippen LogP contribution < -0.4 is 4.74 Å². The fraction of sp³-hybridized carbons (Fsp3) is 0.357. The summed E-state index contributed by atoms with van der Waals surface area (Å²) >= 11 is 0. The normalized spacial score (nSPS) is 10.9. The van der Waals surface area contributed by atoms with E-state index in [0.717, 1.165) is 17.0 Å². The predicted molar refractivity (Wildman–Crippen MR) is 67.3 cm³/mol. The quantitative estimate of drug-likeness (QED) is 0.806. The van der Waals surface area contributed by atoms with E-state index in [1.807, 2.05) is 13.0 Å². The lowest BCUT2D eigenvalue weighted by atomic mass is 9.99. The van der Waals surface area contributed by atoms with Gasteiger partial charge in [-0.2, -0.15) is 0 Å². The molecule has 1 aromatic heterocycles. The maximum absolute atomic E-state index is 5.36. The topological polar surface area (TPSA) is 35.3 Å². The fourth-order valence-corrected chi connectivity index (χ4v) is 1.77. The van der Waals surface area contributed by atoms with E-state index in [1.165, 1.54) is 5.56 Å². The van der Waals surface area contributed by atoms with E-state index in [4.69, 9.17) is 9.15 Å². The van der Waals surface area contributed by atoms with Crippen LogP contribution in [-0.4, -0.2) is 12.1 Å².